The Balaban J connectivity index is 1.78. The van der Waals surface area contributed by atoms with Crippen LogP contribution in [0.4, 0.5) is 14.5 Å². The molecule has 2 N–H and O–H groups in total. The molecule has 0 heterocycles. The molecule has 0 atom stereocenters. The van der Waals surface area contributed by atoms with E-state index in [0.29, 0.717) is 6.54 Å². The Hall–Kier alpha value is -2.43. The van der Waals surface area contributed by atoms with Crippen LogP contribution in [0.3, 0.4) is 0 Å². The van der Waals surface area contributed by atoms with E-state index in [-0.39, 0.29) is 24.0 Å². The molecule has 0 radical (unpaired) electrons. The van der Waals surface area contributed by atoms with E-state index in [9.17, 15) is 13.6 Å². The highest BCUT2D eigenvalue weighted by Gasteiger charge is 2.04. The average Bonchev–Trinajstić information content (AvgIpc) is 2.46. The maximum atomic E-state index is 13.3. The van der Waals surface area contributed by atoms with Crippen LogP contribution in [0.25, 0.3) is 0 Å². The van der Waals surface area contributed by atoms with Gasteiger partial charge in [-0.25, -0.2) is 8.78 Å². The Labute approximate surface area is 115 Å². The molecule has 0 unspecified atom stereocenters. The molecule has 0 fully saturated rings. The van der Waals surface area contributed by atoms with Gasteiger partial charge in [0.2, 0.25) is 5.91 Å². The van der Waals surface area contributed by atoms with Gasteiger partial charge in [0.05, 0.1) is 12.2 Å². The zero-order chi connectivity index (χ0) is 14.4. The zero-order valence-corrected chi connectivity index (χ0v) is 10.7. The third-order valence-corrected chi connectivity index (χ3v) is 2.72. The molecule has 0 saturated carbocycles. The van der Waals surface area contributed by atoms with Gasteiger partial charge in [0.1, 0.15) is 11.6 Å². The van der Waals surface area contributed by atoms with Gasteiger partial charge in [-0.3, -0.25) is 4.79 Å². The molecule has 0 aromatic heterocycles. The molecule has 3 nitrogen and oxygen atoms in total. The van der Waals surface area contributed by atoms with Gasteiger partial charge in [-0.05, 0) is 29.8 Å². The fourth-order valence-electron chi connectivity index (χ4n) is 1.65. The molecule has 5 heteroatoms. The van der Waals surface area contributed by atoms with Crippen molar-refractivity contribution in [1.29, 1.82) is 0 Å². The summed E-state index contributed by atoms with van der Waals surface area (Å²) in [6, 6.07) is 12.0. The van der Waals surface area contributed by atoms with Gasteiger partial charge in [0, 0.05) is 6.54 Å². The number of carbonyl (C=O) groups is 1. The molecule has 0 aliphatic heterocycles. The van der Waals surface area contributed by atoms with Crippen molar-refractivity contribution >= 4 is 11.6 Å². The third kappa shape index (κ3) is 4.05. The number of carbonyl (C=O) groups excluding carboxylic acids is 1. The molecule has 2 aromatic carbocycles. The van der Waals surface area contributed by atoms with Crippen LogP contribution < -0.4 is 10.6 Å². The highest BCUT2D eigenvalue weighted by molar-refractivity contribution is 5.80. The van der Waals surface area contributed by atoms with E-state index in [4.69, 9.17) is 0 Å². The molecule has 20 heavy (non-hydrogen) atoms. The van der Waals surface area contributed by atoms with Crippen molar-refractivity contribution in [2.75, 3.05) is 11.9 Å². The summed E-state index contributed by atoms with van der Waals surface area (Å²) < 4.78 is 26.0. The van der Waals surface area contributed by atoms with Crippen LogP contribution in [-0.2, 0) is 11.3 Å². The van der Waals surface area contributed by atoms with Crippen molar-refractivity contribution in [3.05, 3.63) is 65.7 Å². The summed E-state index contributed by atoms with van der Waals surface area (Å²) in [5.41, 5.74) is 1.08. The number of amides is 1. The highest BCUT2D eigenvalue weighted by Crippen LogP contribution is 2.11. The predicted molar refractivity (Wildman–Crippen MR) is 73.1 cm³/mol. The molecule has 104 valence electrons. The molecule has 1 amide bonds. The second-order valence-corrected chi connectivity index (χ2v) is 4.24. The third-order valence-electron chi connectivity index (χ3n) is 2.72. The maximum absolute atomic E-state index is 13.3. The van der Waals surface area contributed by atoms with Crippen molar-refractivity contribution in [2.45, 2.75) is 6.54 Å². The average molecular weight is 276 g/mol. The second-order valence-electron chi connectivity index (χ2n) is 4.24. The summed E-state index contributed by atoms with van der Waals surface area (Å²) in [5, 5.41) is 5.37. The number of nitrogens with one attached hydrogen (secondary N) is 2. The second kappa shape index (κ2) is 6.65. The van der Waals surface area contributed by atoms with Crippen LogP contribution in [0, 0.1) is 11.6 Å². The van der Waals surface area contributed by atoms with Gasteiger partial charge < -0.3 is 10.6 Å². The van der Waals surface area contributed by atoms with E-state index < -0.39 is 5.82 Å². The number of hydrogen-bond donors (Lipinski definition) is 2. The molecule has 2 rings (SSSR count). The summed E-state index contributed by atoms with van der Waals surface area (Å²) >= 11 is 0. The van der Waals surface area contributed by atoms with Crippen molar-refractivity contribution in [1.82, 2.24) is 5.32 Å². The Morgan fingerprint density at radius 3 is 2.40 bits per heavy atom. The van der Waals surface area contributed by atoms with Crippen molar-refractivity contribution in [3.8, 4) is 0 Å². The van der Waals surface area contributed by atoms with Crippen LogP contribution in [0.1, 0.15) is 5.56 Å². The molecular weight excluding hydrogens is 262 g/mol. The Morgan fingerprint density at radius 1 is 1.00 bits per heavy atom. The Kier molecular flexibility index (Phi) is 4.65. The minimum Gasteiger partial charge on any atom is -0.374 e. The first kappa shape index (κ1) is 14.0. The number of halogens is 2. The minimum atomic E-state index is -0.404. The van der Waals surface area contributed by atoms with Crippen molar-refractivity contribution < 1.29 is 13.6 Å². The number of para-hydroxylation sites is 1. The SMILES string of the molecule is O=C(CNc1ccccc1F)NCc1ccc(F)cc1. The van der Waals surface area contributed by atoms with Gasteiger partial charge >= 0.3 is 0 Å². The Bertz CT molecular complexity index is 585. The first-order valence-corrected chi connectivity index (χ1v) is 6.15. The van der Waals surface area contributed by atoms with E-state index in [1.165, 1.54) is 18.2 Å². The topological polar surface area (TPSA) is 41.1 Å². The van der Waals surface area contributed by atoms with Gasteiger partial charge in [0.15, 0.2) is 0 Å². The molecule has 2 aromatic rings. The van der Waals surface area contributed by atoms with Gasteiger partial charge in [-0.15, -0.1) is 0 Å². The monoisotopic (exact) mass is 276 g/mol. The van der Waals surface area contributed by atoms with Crippen LogP contribution in [0.15, 0.2) is 48.5 Å². The lowest BCUT2D eigenvalue weighted by atomic mass is 10.2. The summed E-state index contributed by atoms with van der Waals surface area (Å²) in [4.78, 5) is 11.6. The van der Waals surface area contributed by atoms with Crippen LogP contribution >= 0.6 is 0 Å². The van der Waals surface area contributed by atoms with E-state index >= 15 is 0 Å². The molecule has 0 aliphatic rings. The lowest BCUT2D eigenvalue weighted by Crippen LogP contribution is -2.29. The molecule has 0 aliphatic carbocycles. The van der Waals surface area contributed by atoms with E-state index in [2.05, 4.69) is 10.6 Å². The molecular formula is C15H14F2N2O. The quantitative estimate of drug-likeness (QED) is 0.881. The fraction of sp³-hybridized carbons (Fsp3) is 0.133. The highest BCUT2D eigenvalue weighted by atomic mass is 19.1. The summed E-state index contributed by atoms with van der Waals surface area (Å²) in [5.74, 6) is -0.988. The molecule has 0 bridgehead atoms. The van der Waals surface area contributed by atoms with Gasteiger partial charge in [-0.1, -0.05) is 24.3 Å². The van der Waals surface area contributed by atoms with Crippen molar-refractivity contribution in [3.63, 3.8) is 0 Å². The van der Waals surface area contributed by atoms with Crippen LogP contribution in [-0.4, -0.2) is 12.5 Å². The van der Waals surface area contributed by atoms with Crippen molar-refractivity contribution in [2.24, 2.45) is 0 Å². The summed E-state index contributed by atoms with van der Waals surface area (Å²) in [6.07, 6.45) is 0. The number of benzene rings is 2. The predicted octanol–water partition coefficient (Wildman–Crippen LogP) is 2.69. The van der Waals surface area contributed by atoms with Crippen LogP contribution in [0.2, 0.25) is 0 Å². The molecule has 0 spiro atoms. The lowest BCUT2D eigenvalue weighted by Gasteiger charge is -2.08. The van der Waals surface area contributed by atoms with Gasteiger partial charge in [0.25, 0.3) is 0 Å². The smallest absolute Gasteiger partial charge is 0.239 e. The number of hydrogen-bond acceptors (Lipinski definition) is 2. The normalized spacial score (nSPS) is 10.1. The number of anilines is 1. The summed E-state index contributed by atoms with van der Waals surface area (Å²) in [7, 11) is 0. The standard InChI is InChI=1S/C15H14F2N2O/c16-12-7-5-11(6-8-12)9-19-15(20)10-18-14-4-2-1-3-13(14)17/h1-8,18H,9-10H2,(H,19,20). The first-order valence-electron chi connectivity index (χ1n) is 6.15. The van der Waals surface area contributed by atoms with E-state index in [0.717, 1.165) is 5.56 Å². The van der Waals surface area contributed by atoms with Gasteiger partial charge in [-0.2, -0.15) is 0 Å². The largest absolute Gasteiger partial charge is 0.374 e. The summed E-state index contributed by atoms with van der Waals surface area (Å²) in [6.45, 7) is 0.278. The minimum absolute atomic E-state index is 0.0257. The maximum Gasteiger partial charge on any atom is 0.239 e. The fourth-order valence-corrected chi connectivity index (χ4v) is 1.65. The van der Waals surface area contributed by atoms with Crippen LogP contribution in [0.5, 0.6) is 0 Å². The lowest BCUT2D eigenvalue weighted by molar-refractivity contribution is -0.119. The molecule has 0 saturated heterocycles. The zero-order valence-electron chi connectivity index (χ0n) is 10.7. The Morgan fingerprint density at radius 2 is 1.70 bits per heavy atom. The van der Waals surface area contributed by atoms with E-state index in [1.807, 2.05) is 0 Å². The van der Waals surface area contributed by atoms with E-state index in [1.54, 1.807) is 30.3 Å². The number of rotatable bonds is 5. The first-order chi connectivity index (χ1) is 9.65.